The lowest BCUT2D eigenvalue weighted by Crippen LogP contribution is -2.40. The van der Waals surface area contributed by atoms with Gasteiger partial charge in [0.05, 0.1) is 22.3 Å². The second-order valence-electron chi connectivity index (χ2n) is 7.30. The minimum atomic E-state index is -0.318. The van der Waals surface area contributed by atoms with E-state index in [-0.39, 0.29) is 24.1 Å². The molecule has 3 heterocycles. The van der Waals surface area contributed by atoms with Gasteiger partial charge in [-0.25, -0.2) is 9.37 Å². The zero-order valence-electron chi connectivity index (χ0n) is 16.4. The molecular formula is C21H24ClFN4O2. The second-order valence-corrected chi connectivity index (χ2v) is 7.30. The lowest BCUT2D eigenvalue weighted by atomic mass is 9.96. The molecule has 0 spiro atoms. The molecule has 8 heteroatoms. The molecule has 0 bridgehead atoms. The minimum absolute atomic E-state index is 0. The van der Waals surface area contributed by atoms with Gasteiger partial charge in [0.2, 0.25) is 0 Å². The van der Waals surface area contributed by atoms with Gasteiger partial charge in [0.1, 0.15) is 5.82 Å². The van der Waals surface area contributed by atoms with E-state index in [0.717, 1.165) is 38.0 Å². The summed E-state index contributed by atoms with van der Waals surface area (Å²) in [6, 6.07) is 7.80. The Balaban J connectivity index is 0.00000240. The van der Waals surface area contributed by atoms with Crippen LogP contribution in [0.15, 0.2) is 34.9 Å². The van der Waals surface area contributed by atoms with E-state index in [2.05, 4.69) is 15.5 Å². The molecule has 1 fully saturated rings. The van der Waals surface area contributed by atoms with E-state index in [4.69, 9.17) is 4.52 Å². The summed E-state index contributed by atoms with van der Waals surface area (Å²) in [5.41, 5.74) is 2.79. The summed E-state index contributed by atoms with van der Waals surface area (Å²) in [7, 11) is 1.96. The summed E-state index contributed by atoms with van der Waals surface area (Å²) in [6.45, 7) is 4.23. The van der Waals surface area contributed by atoms with Gasteiger partial charge in [-0.2, -0.15) is 0 Å². The number of rotatable bonds is 4. The third-order valence-electron chi connectivity index (χ3n) is 5.38. The molecule has 0 atom stereocenters. The maximum atomic E-state index is 13.3. The van der Waals surface area contributed by atoms with Crippen LogP contribution >= 0.6 is 12.4 Å². The number of hydrogen-bond donors (Lipinski definition) is 1. The predicted molar refractivity (Wildman–Crippen MR) is 112 cm³/mol. The molecule has 1 aliphatic rings. The Kier molecular flexibility index (Phi) is 6.49. The van der Waals surface area contributed by atoms with Crippen molar-refractivity contribution in [3.05, 3.63) is 47.4 Å². The number of aryl methyl sites for hydroxylation is 1. The Hall–Kier alpha value is -2.51. The number of aromatic nitrogens is 2. The highest BCUT2D eigenvalue weighted by molar-refractivity contribution is 6.07. The summed E-state index contributed by atoms with van der Waals surface area (Å²) in [5.74, 6) is 0.240. The molecule has 0 saturated carbocycles. The number of fused-ring (bicyclic) bond motifs is 1. The van der Waals surface area contributed by atoms with Crippen LogP contribution in [0.2, 0.25) is 0 Å². The molecule has 1 aromatic carbocycles. The third kappa shape index (κ3) is 4.26. The molecule has 29 heavy (non-hydrogen) atoms. The zero-order chi connectivity index (χ0) is 19.7. The highest BCUT2D eigenvalue weighted by Gasteiger charge is 2.27. The van der Waals surface area contributed by atoms with E-state index >= 15 is 0 Å². The SMILES string of the molecule is CNCC1CCN(C(=O)c2cc(-c3ccc(F)cc3)nc3onc(C)c23)CC1.Cl. The zero-order valence-corrected chi connectivity index (χ0v) is 17.3. The van der Waals surface area contributed by atoms with E-state index in [1.807, 2.05) is 11.9 Å². The fraction of sp³-hybridized carbons (Fsp3) is 0.381. The predicted octanol–water partition coefficient (Wildman–Crippen LogP) is 3.83. The van der Waals surface area contributed by atoms with Crippen LogP contribution in [0.5, 0.6) is 0 Å². The van der Waals surface area contributed by atoms with Crippen molar-refractivity contribution >= 4 is 29.4 Å². The molecular weight excluding hydrogens is 395 g/mol. The van der Waals surface area contributed by atoms with Crippen molar-refractivity contribution in [2.75, 3.05) is 26.7 Å². The Labute approximate surface area is 174 Å². The normalized spacial score (nSPS) is 14.8. The van der Waals surface area contributed by atoms with Crippen LogP contribution < -0.4 is 5.32 Å². The molecule has 1 amide bonds. The Morgan fingerprint density at radius 3 is 2.62 bits per heavy atom. The number of nitrogens with zero attached hydrogens (tertiary/aromatic N) is 3. The maximum Gasteiger partial charge on any atom is 0.259 e. The van der Waals surface area contributed by atoms with Crippen LogP contribution in [0.4, 0.5) is 4.39 Å². The molecule has 154 valence electrons. The summed E-state index contributed by atoms with van der Waals surface area (Å²) in [4.78, 5) is 19.7. The number of nitrogens with one attached hydrogen (secondary N) is 1. The molecule has 1 N–H and O–H groups in total. The topological polar surface area (TPSA) is 71.3 Å². The first kappa shape index (κ1) is 21.2. The van der Waals surface area contributed by atoms with Crippen molar-refractivity contribution in [1.82, 2.24) is 20.4 Å². The average molecular weight is 419 g/mol. The maximum absolute atomic E-state index is 13.3. The van der Waals surface area contributed by atoms with E-state index in [9.17, 15) is 9.18 Å². The first-order valence-electron chi connectivity index (χ1n) is 9.53. The first-order chi connectivity index (χ1) is 13.6. The van der Waals surface area contributed by atoms with Crippen molar-refractivity contribution in [3.8, 4) is 11.3 Å². The van der Waals surface area contributed by atoms with Gasteiger partial charge < -0.3 is 14.7 Å². The van der Waals surface area contributed by atoms with Crippen LogP contribution in [0, 0.1) is 18.7 Å². The monoisotopic (exact) mass is 418 g/mol. The smallest absolute Gasteiger partial charge is 0.259 e. The van der Waals surface area contributed by atoms with Crippen molar-refractivity contribution in [2.24, 2.45) is 5.92 Å². The molecule has 0 radical (unpaired) electrons. The lowest BCUT2D eigenvalue weighted by molar-refractivity contribution is 0.0693. The van der Waals surface area contributed by atoms with Gasteiger partial charge in [0.15, 0.2) is 0 Å². The van der Waals surface area contributed by atoms with Gasteiger partial charge in [-0.15, -0.1) is 12.4 Å². The Morgan fingerprint density at radius 2 is 1.97 bits per heavy atom. The van der Waals surface area contributed by atoms with Crippen LogP contribution in [0.25, 0.3) is 22.4 Å². The number of halogens is 2. The molecule has 3 aromatic rings. The molecule has 0 unspecified atom stereocenters. The van der Waals surface area contributed by atoms with Gasteiger partial charge in [-0.1, -0.05) is 5.16 Å². The van der Waals surface area contributed by atoms with Gasteiger partial charge >= 0.3 is 0 Å². The van der Waals surface area contributed by atoms with Gasteiger partial charge in [0, 0.05) is 18.7 Å². The largest absolute Gasteiger partial charge is 0.339 e. The number of likely N-dealkylation sites (tertiary alicyclic amines) is 1. The van der Waals surface area contributed by atoms with Gasteiger partial charge in [-0.05, 0) is 69.6 Å². The molecule has 0 aliphatic carbocycles. The highest BCUT2D eigenvalue weighted by Crippen LogP contribution is 2.29. The van der Waals surface area contributed by atoms with E-state index in [1.165, 1.54) is 12.1 Å². The Morgan fingerprint density at radius 1 is 1.28 bits per heavy atom. The summed E-state index contributed by atoms with van der Waals surface area (Å²) in [6.07, 6.45) is 1.96. The number of piperidine rings is 1. The number of hydrogen-bond acceptors (Lipinski definition) is 5. The molecule has 2 aromatic heterocycles. The standard InChI is InChI=1S/C21H23FN4O2.ClH/c1-13-19-17(21(27)26-9-7-14(8-10-26)12-23-2)11-18(24-20(19)28-25-13)15-3-5-16(22)6-4-15;/h3-6,11,14,23H,7-10,12H2,1-2H3;1H. The molecule has 6 nitrogen and oxygen atoms in total. The summed E-state index contributed by atoms with van der Waals surface area (Å²) in [5, 5.41) is 7.85. The number of pyridine rings is 1. The lowest BCUT2D eigenvalue weighted by Gasteiger charge is -2.32. The van der Waals surface area contributed by atoms with E-state index < -0.39 is 0 Å². The number of benzene rings is 1. The average Bonchev–Trinajstić information content (AvgIpc) is 3.09. The number of carbonyl (C=O) groups excluding carboxylic acids is 1. The number of carbonyl (C=O) groups is 1. The van der Waals surface area contributed by atoms with Crippen LogP contribution in [-0.2, 0) is 0 Å². The van der Waals surface area contributed by atoms with Crippen molar-refractivity contribution in [2.45, 2.75) is 19.8 Å². The minimum Gasteiger partial charge on any atom is -0.339 e. The molecule has 1 saturated heterocycles. The van der Waals surface area contributed by atoms with E-state index in [0.29, 0.717) is 34.0 Å². The summed E-state index contributed by atoms with van der Waals surface area (Å²) < 4.78 is 18.6. The quantitative estimate of drug-likeness (QED) is 0.697. The first-order valence-corrected chi connectivity index (χ1v) is 9.53. The Bertz CT molecular complexity index is 998. The third-order valence-corrected chi connectivity index (χ3v) is 5.38. The van der Waals surface area contributed by atoms with Crippen LogP contribution in [0.3, 0.4) is 0 Å². The fourth-order valence-corrected chi connectivity index (χ4v) is 3.83. The van der Waals surface area contributed by atoms with Crippen molar-refractivity contribution in [1.29, 1.82) is 0 Å². The van der Waals surface area contributed by atoms with E-state index in [1.54, 1.807) is 25.1 Å². The highest BCUT2D eigenvalue weighted by atomic mass is 35.5. The fourth-order valence-electron chi connectivity index (χ4n) is 3.83. The van der Waals surface area contributed by atoms with Crippen molar-refractivity contribution in [3.63, 3.8) is 0 Å². The number of amides is 1. The molecule has 1 aliphatic heterocycles. The summed E-state index contributed by atoms with van der Waals surface area (Å²) >= 11 is 0. The van der Waals surface area contributed by atoms with Crippen LogP contribution in [0.1, 0.15) is 28.9 Å². The second kappa shape index (κ2) is 8.88. The van der Waals surface area contributed by atoms with Gasteiger partial charge in [-0.3, -0.25) is 4.79 Å². The van der Waals surface area contributed by atoms with Crippen molar-refractivity contribution < 1.29 is 13.7 Å². The van der Waals surface area contributed by atoms with Gasteiger partial charge in [0.25, 0.3) is 11.6 Å². The van der Waals surface area contributed by atoms with Crippen LogP contribution in [-0.4, -0.2) is 47.6 Å². The molecule has 4 rings (SSSR count).